The number of pyridine rings is 1. The number of aromatic nitrogens is 1. The molecule has 1 atom stereocenters. The van der Waals surface area contributed by atoms with Gasteiger partial charge < -0.3 is 5.11 Å². The fourth-order valence-electron chi connectivity index (χ4n) is 1.37. The summed E-state index contributed by atoms with van der Waals surface area (Å²) in [5.41, 5.74) is 0.888. The van der Waals surface area contributed by atoms with Gasteiger partial charge in [-0.15, -0.1) is 0 Å². The van der Waals surface area contributed by atoms with E-state index in [2.05, 4.69) is 4.98 Å². The average molecular weight is 207 g/mol. The summed E-state index contributed by atoms with van der Waals surface area (Å²) >= 11 is 0. The normalized spacial score (nSPS) is 12.1. The lowest BCUT2D eigenvalue weighted by Crippen LogP contribution is -2.18. The zero-order chi connectivity index (χ0) is 11.3. The Morgan fingerprint density at radius 1 is 1.53 bits per heavy atom. The first-order valence-corrected chi connectivity index (χ1v) is 4.70. The Kier molecular flexibility index (Phi) is 3.97. The molecule has 1 rings (SSSR count). The molecule has 1 heterocycles. The third kappa shape index (κ3) is 3.89. The van der Waals surface area contributed by atoms with Gasteiger partial charge in [-0.1, -0.05) is 6.07 Å². The molecule has 1 aromatic heterocycles. The summed E-state index contributed by atoms with van der Waals surface area (Å²) in [6.45, 7) is 1.42. The Balaban J connectivity index is 2.67. The van der Waals surface area contributed by atoms with Gasteiger partial charge in [0.05, 0.1) is 6.42 Å². The number of Topliss-reactive ketones (excluding diaryl/α,β-unsaturated/α-hetero) is 1. The van der Waals surface area contributed by atoms with E-state index in [1.165, 1.54) is 6.92 Å². The third-order valence-electron chi connectivity index (χ3n) is 2.20. The lowest BCUT2D eigenvalue weighted by molar-refractivity contribution is -0.140. The summed E-state index contributed by atoms with van der Waals surface area (Å²) in [6, 6.07) is 3.61. The van der Waals surface area contributed by atoms with Crippen molar-refractivity contribution in [2.75, 3.05) is 0 Å². The Morgan fingerprint density at radius 3 is 2.73 bits per heavy atom. The van der Waals surface area contributed by atoms with Crippen molar-refractivity contribution in [3.8, 4) is 0 Å². The molecule has 4 heteroatoms. The maximum atomic E-state index is 11.2. The number of carbonyl (C=O) groups excluding carboxylic acids is 1. The first kappa shape index (κ1) is 11.4. The molecule has 0 aromatic carbocycles. The van der Waals surface area contributed by atoms with E-state index in [4.69, 9.17) is 5.11 Å². The molecule has 0 fully saturated rings. The summed E-state index contributed by atoms with van der Waals surface area (Å²) in [5.74, 6) is -1.49. The molecule has 4 nitrogen and oxygen atoms in total. The predicted molar refractivity (Wildman–Crippen MR) is 54.4 cm³/mol. The topological polar surface area (TPSA) is 67.3 Å². The highest BCUT2D eigenvalue weighted by molar-refractivity contribution is 5.83. The molecule has 0 aliphatic heterocycles. The molecule has 0 saturated heterocycles. The molecular weight excluding hydrogens is 194 g/mol. The average Bonchev–Trinajstić information content (AvgIpc) is 2.17. The second kappa shape index (κ2) is 5.24. The van der Waals surface area contributed by atoms with Gasteiger partial charge in [0.1, 0.15) is 5.78 Å². The summed E-state index contributed by atoms with van der Waals surface area (Å²) < 4.78 is 0. The van der Waals surface area contributed by atoms with Crippen LogP contribution in [0.5, 0.6) is 0 Å². The van der Waals surface area contributed by atoms with Crippen molar-refractivity contribution in [1.29, 1.82) is 0 Å². The van der Waals surface area contributed by atoms with Gasteiger partial charge in [0, 0.05) is 18.3 Å². The van der Waals surface area contributed by atoms with Crippen LogP contribution in [0.1, 0.15) is 18.9 Å². The minimum absolute atomic E-state index is 0.0961. The van der Waals surface area contributed by atoms with Gasteiger partial charge in [-0.3, -0.25) is 14.6 Å². The summed E-state index contributed by atoms with van der Waals surface area (Å²) in [7, 11) is 0. The second-order valence-corrected chi connectivity index (χ2v) is 3.47. The van der Waals surface area contributed by atoms with Crippen molar-refractivity contribution in [3.05, 3.63) is 30.1 Å². The van der Waals surface area contributed by atoms with Crippen LogP contribution in [-0.2, 0) is 16.0 Å². The van der Waals surface area contributed by atoms with Crippen molar-refractivity contribution >= 4 is 11.8 Å². The molecule has 0 radical (unpaired) electrons. The maximum Gasteiger partial charge on any atom is 0.304 e. The molecule has 0 spiro atoms. The molecule has 0 aliphatic rings. The number of carboxylic acid groups (broad SMARTS) is 1. The zero-order valence-electron chi connectivity index (χ0n) is 8.51. The number of aliphatic carboxylic acids is 1. The largest absolute Gasteiger partial charge is 0.481 e. The number of ketones is 1. The summed E-state index contributed by atoms with van der Waals surface area (Å²) in [5, 5.41) is 8.64. The van der Waals surface area contributed by atoms with Crippen LogP contribution in [0.15, 0.2) is 24.5 Å². The molecule has 0 amide bonds. The SMILES string of the molecule is CC(=O)C(CC(=O)O)Cc1cccnc1. The standard InChI is InChI=1S/C11H13NO3/c1-8(13)10(6-11(14)15)5-9-3-2-4-12-7-9/h2-4,7,10H,5-6H2,1H3,(H,14,15). The number of nitrogens with zero attached hydrogens (tertiary/aromatic N) is 1. The number of rotatable bonds is 5. The number of hydrogen-bond donors (Lipinski definition) is 1. The Morgan fingerprint density at radius 2 is 2.27 bits per heavy atom. The van der Waals surface area contributed by atoms with E-state index in [1.54, 1.807) is 18.5 Å². The van der Waals surface area contributed by atoms with E-state index in [1.807, 2.05) is 6.07 Å². The van der Waals surface area contributed by atoms with Gasteiger partial charge >= 0.3 is 5.97 Å². The molecule has 1 N–H and O–H groups in total. The van der Waals surface area contributed by atoms with Gasteiger partial charge in [0.25, 0.3) is 0 Å². The lowest BCUT2D eigenvalue weighted by atomic mass is 9.94. The van der Waals surface area contributed by atoms with E-state index < -0.39 is 11.9 Å². The third-order valence-corrected chi connectivity index (χ3v) is 2.20. The fraction of sp³-hybridized carbons (Fsp3) is 0.364. The van der Waals surface area contributed by atoms with E-state index >= 15 is 0 Å². The van der Waals surface area contributed by atoms with Crippen molar-refractivity contribution < 1.29 is 14.7 Å². The monoisotopic (exact) mass is 207 g/mol. The molecule has 80 valence electrons. The highest BCUT2D eigenvalue weighted by Gasteiger charge is 2.18. The van der Waals surface area contributed by atoms with Gasteiger partial charge in [0.2, 0.25) is 0 Å². The lowest BCUT2D eigenvalue weighted by Gasteiger charge is -2.10. The predicted octanol–water partition coefficient (Wildman–Crippen LogP) is 1.30. The van der Waals surface area contributed by atoms with Crippen LogP contribution < -0.4 is 0 Å². The Hall–Kier alpha value is -1.71. The van der Waals surface area contributed by atoms with E-state index in [-0.39, 0.29) is 12.2 Å². The first-order valence-electron chi connectivity index (χ1n) is 4.70. The van der Waals surface area contributed by atoms with E-state index in [0.29, 0.717) is 6.42 Å². The van der Waals surface area contributed by atoms with Gasteiger partial charge in [-0.25, -0.2) is 0 Å². The molecule has 1 unspecified atom stereocenters. The number of carbonyl (C=O) groups is 2. The highest BCUT2D eigenvalue weighted by atomic mass is 16.4. The maximum absolute atomic E-state index is 11.2. The van der Waals surface area contributed by atoms with Crippen LogP contribution in [-0.4, -0.2) is 21.8 Å². The molecule has 0 aliphatic carbocycles. The number of hydrogen-bond acceptors (Lipinski definition) is 3. The minimum Gasteiger partial charge on any atom is -0.481 e. The fourth-order valence-corrected chi connectivity index (χ4v) is 1.37. The molecule has 1 aromatic rings. The van der Waals surface area contributed by atoms with E-state index in [0.717, 1.165) is 5.56 Å². The quantitative estimate of drug-likeness (QED) is 0.790. The van der Waals surface area contributed by atoms with Gasteiger partial charge in [-0.05, 0) is 25.0 Å². The van der Waals surface area contributed by atoms with Crippen LogP contribution in [0.3, 0.4) is 0 Å². The van der Waals surface area contributed by atoms with Gasteiger partial charge in [0.15, 0.2) is 0 Å². The van der Waals surface area contributed by atoms with Crippen LogP contribution in [0.4, 0.5) is 0 Å². The first-order chi connectivity index (χ1) is 7.09. The van der Waals surface area contributed by atoms with E-state index in [9.17, 15) is 9.59 Å². The second-order valence-electron chi connectivity index (χ2n) is 3.47. The number of carboxylic acids is 1. The molecule has 0 bridgehead atoms. The van der Waals surface area contributed by atoms with Crippen LogP contribution >= 0.6 is 0 Å². The Labute approximate surface area is 88.0 Å². The van der Waals surface area contributed by atoms with Gasteiger partial charge in [-0.2, -0.15) is 0 Å². The smallest absolute Gasteiger partial charge is 0.304 e. The van der Waals surface area contributed by atoms with Crippen molar-refractivity contribution in [2.45, 2.75) is 19.8 Å². The van der Waals surface area contributed by atoms with Crippen LogP contribution in [0.25, 0.3) is 0 Å². The molecule has 0 saturated carbocycles. The van der Waals surface area contributed by atoms with Crippen LogP contribution in [0.2, 0.25) is 0 Å². The summed E-state index contributed by atoms with van der Waals surface area (Å²) in [6.07, 6.45) is 3.61. The zero-order valence-corrected chi connectivity index (χ0v) is 8.51. The van der Waals surface area contributed by atoms with Crippen LogP contribution in [0, 0.1) is 5.92 Å². The van der Waals surface area contributed by atoms with Crippen molar-refractivity contribution in [1.82, 2.24) is 4.98 Å². The minimum atomic E-state index is -0.945. The Bertz CT molecular complexity index is 348. The van der Waals surface area contributed by atoms with Crippen molar-refractivity contribution in [2.24, 2.45) is 5.92 Å². The molecule has 15 heavy (non-hydrogen) atoms. The highest BCUT2D eigenvalue weighted by Crippen LogP contribution is 2.12. The van der Waals surface area contributed by atoms with Crippen molar-refractivity contribution in [3.63, 3.8) is 0 Å². The molecular formula is C11H13NO3. The summed E-state index contributed by atoms with van der Waals surface area (Å²) in [4.78, 5) is 25.7.